The van der Waals surface area contributed by atoms with Gasteiger partial charge >= 0.3 is 0 Å². The molecule has 7 nitrogen and oxygen atoms in total. The molecule has 136 valence electrons. The third-order valence-corrected chi connectivity index (χ3v) is 5.35. The Morgan fingerprint density at radius 1 is 1.31 bits per heavy atom. The summed E-state index contributed by atoms with van der Waals surface area (Å²) in [6, 6.07) is 6.24. The molecule has 1 fully saturated rings. The highest BCUT2D eigenvalue weighted by molar-refractivity contribution is 6.00. The van der Waals surface area contributed by atoms with Gasteiger partial charge in [0.15, 0.2) is 5.82 Å². The van der Waals surface area contributed by atoms with Gasteiger partial charge in [0, 0.05) is 25.2 Å². The Morgan fingerprint density at radius 3 is 3.00 bits per heavy atom. The van der Waals surface area contributed by atoms with E-state index in [2.05, 4.69) is 27.6 Å². The summed E-state index contributed by atoms with van der Waals surface area (Å²) in [7, 11) is 0. The van der Waals surface area contributed by atoms with Crippen LogP contribution < -0.4 is 10.2 Å². The fourth-order valence-corrected chi connectivity index (χ4v) is 3.85. The fourth-order valence-electron chi connectivity index (χ4n) is 3.85. The molecule has 1 N–H and O–H groups in total. The van der Waals surface area contributed by atoms with Gasteiger partial charge in [-0.15, -0.1) is 10.2 Å². The van der Waals surface area contributed by atoms with E-state index < -0.39 is 0 Å². The molecule has 1 aliphatic heterocycles. The average molecular weight is 353 g/mol. The van der Waals surface area contributed by atoms with Crippen LogP contribution in [0.25, 0.3) is 0 Å². The smallest absolute Gasteiger partial charge is 0.227 e. The average Bonchev–Trinajstić information content (AvgIpc) is 3.37. The van der Waals surface area contributed by atoms with Gasteiger partial charge in [0.25, 0.3) is 0 Å². The predicted molar refractivity (Wildman–Crippen MR) is 96.5 cm³/mol. The highest BCUT2D eigenvalue weighted by Crippen LogP contribution is 2.30. The monoisotopic (exact) mass is 353 g/mol. The molecule has 7 heteroatoms. The van der Waals surface area contributed by atoms with Crippen LogP contribution >= 0.6 is 0 Å². The van der Waals surface area contributed by atoms with E-state index in [9.17, 15) is 9.59 Å². The molecule has 2 aliphatic rings. The van der Waals surface area contributed by atoms with E-state index in [0.29, 0.717) is 13.1 Å². The number of carbonyl (C=O) groups is 2. The molecule has 0 radical (unpaired) electrons. The standard InChI is InChI=1S/C19H23N5O2/c1-2-23-12-21-22-17(23)10-20-19(26)15-9-18(25)24(11-15)16-7-6-13-4-3-5-14(13)8-16/h6-8,12,15H,2-5,9-11H2,1H3,(H,20,26)/t15-/m0/s1. The topological polar surface area (TPSA) is 80.1 Å². The zero-order chi connectivity index (χ0) is 18.1. The molecule has 2 amide bonds. The Kier molecular flexibility index (Phi) is 4.44. The van der Waals surface area contributed by atoms with Gasteiger partial charge in [-0.3, -0.25) is 9.59 Å². The van der Waals surface area contributed by atoms with Crippen molar-refractivity contribution in [3.8, 4) is 0 Å². The Morgan fingerprint density at radius 2 is 2.15 bits per heavy atom. The number of nitrogens with one attached hydrogen (secondary N) is 1. The van der Waals surface area contributed by atoms with Crippen molar-refractivity contribution in [2.75, 3.05) is 11.4 Å². The van der Waals surface area contributed by atoms with Crippen molar-refractivity contribution in [3.63, 3.8) is 0 Å². The first-order valence-electron chi connectivity index (χ1n) is 9.22. The molecule has 4 rings (SSSR count). The van der Waals surface area contributed by atoms with Crippen molar-refractivity contribution >= 4 is 17.5 Å². The lowest BCUT2D eigenvalue weighted by Gasteiger charge is -2.18. The zero-order valence-electron chi connectivity index (χ0n) is 14.9. The van der Waals surface area contributed by atoms with Gasteiger partial charge in [-0.25, -0.2) is 0 Å². The Balaban J connectivity index is 1.40. The second-order valence-corrected chi connectivity index (χ2v) is 6.96. The molecule has 0 unspecified atom stereocenters. The highest BCUT2D eigenvalue weighted by atomic mass is 16.2. The van der Waals surface area contributed by atoms with Crippen LogP contribution in [-0.4, -0.2) is 33.1 Å². The van der Waals surface area contributed by atoms with Gasteiger partial charge in [0.2, 0.25) is 11.8 Å². The van der Waals surface area contributed by atoms with Gasteiger partial charge < -0.3 is 14.8 Å². The van der Waals surface area contributed by atoms with E-state index in [1.807, 2.05) is 17.6 Å². The van der Waals surface area contributed by atoms with E-state index in [0.717, 1.165) is 30.9 Å². The number of amides is 2. The van der Waals surface area contributed by atoms with Crippen molar-refractivity contribution in [1.29, 1.82) is 0 Å². The molecule has 1 aromatic carbocycles. The summed E-state index contributed by atoms with van der Waals surface area (Å²) in [6.07, 6.45) is 5.28. The number of aromatic nitrogens is 3. The molecule has 1 aliphatic carbocycles. The van der Waals surface area contributed by atoms with Gasteiger partial charge in [-0.05, 0) is 49.4 Å². The van der Waals surface area contributed by atoms with Crippen molar-refractivity contribution in [2.24, 2.45) is 5.92 Å². The number of fused-ring (bicyclic) bond motifs is 1. The molecule has 1 aromatic heterocycles. The Hall–Kier alpha value is -2.70. The number of aryl methyl sites for hydroxylation is 3. The van der Waals surface area contributed by atoms with E-state index in [4.69, 9.17) is 0 Å². The summed E-state index contributed by atoms with van der Waals surface area (Å²) in [4.78, 5) is 26.7. The van der Waals surface area contributed by atoms with Crippen LogP contribution in [-0.2, 0) is 35.5 Å². The molecule has 2 aromatic rings. The number of benzene rings is 1. The molecule has 2 heterocycles. The van der Waals surface area contributed by atoms with E-state index >= 15 is 0 Å². The third-order valence-electron chi connectivity index (χ3n) is 5.35. The lowest BCUT2D eigenvalue weighted by molar-refractivity contribution is -0.126. The molecular weight excluding hydrogens is 330 g/mol. The van der Waals surface area contributed by atoms with Crippen LogP contribution in [0.3, 0.4) is 0 Å². The number of hydrogen-bond donors (Lipinski definition) is 1. The maximum Gasteiger partial charge on any atom is 0.227 e. The zero-order valence-corrected chi connectivity index (χ0v) is 14.9. The summed E-state index contributed by atoms with van der Waals surface area (Å²) >= 11 is 0. The van der Waals surface area contributed by atoms with Gasteiger partial charge in [-0.1, -0.05) is 6.07 Å². The Labute approximate surface area is 152 Å². The second-order valence-electron chi connectivity index (χ2n) is 6.96. The number of carbonyl (C=O) groups excluding carboxylic acids is 2. The van der Waals surface area contributed by atoms with Gasteiger partial charge in [0.05, 0.1) is 12.5 Å². The molecule has 1 saturated heterocycles. The van der Waals surface area contributed by atoms with Crippen molar-refractivity contribution in [2.45, 2.75) is 45.7 Å². The minimum atomic E-state index is -0.325. The summed E-state index contributed by atoms with van der Waals surface area (Å²) in [5.74, 6) is 0.307. The number of hydrogen-bond acceptors (Lipinski definition) is 4. The molecule has 0 spiro atoms. The largest absolute Gasteiger partial charge is 0.348 e. The van der Waals surface area contributed by atoms with Crippen LogP contribution in [0, 0.1) is 5.92 Å². The van der Waals surface area contributed by atoms with Crippen LogP contribution in [0.5, 0.6) is 0 Å². The summed E-state index contributed by atoms with van der Waals surface area (Å²) < 4.78 is 1.89. The quantitative estimate of drug-likeness (QED) is 0.882. The van der Waals surface area contributed by atoms with Crippen LogP contribution in [0.4, 0.5) is 5.69 Å². The van der Waals surface area contributed by atoms with Crippen molar-refractivity contribution in [1.82, 2.24) is 20.1 Å². The van der Waals surface area contributed by atoms with E-state index in [1.165, 1.54) is 17.5 Å². The fraction of sp³-hybridized carbons (Fsp3) is 0.474. The van der Waals surface area contributed by atoms with E-state index in [1.54, 1.807) is 11.2 Å². The maximum atomic E-state index is 12.5. The summed E-state index contributed by atoms with van der Waals surface area (Å²) in [5, 5.41) is 10.8. The number of nitrogens with zero attached hydrogens (tertiary/aromatic N) is 4. The minimum absolute atomic E-state index is 0.0137. The first kappa shape index (κ1) is 16.8. The summed E-state index contributed by atoms with van der Waals surface area (Å²) in [5.41, 5.74) is 3.63. The van der Waals surface area contributed by atoms with Crippen molar-refractivity contribution in [3.05, 3.63) is 41.5 Å². The lowest BCUT2D eigenvalue weighted by atomic mass is 10.1. The molecular formula is C19H23N5O2. The van der Waals surface area contributed by atoms with Crippen molar-refractivity contribution < 1.29 is 9.59 Å². The van der Waals surface area contributed by atoms with Crippen LogP contribution in [0.15, 0.2) is 24.5 Å². The van der Waals surface area contributed by atoms with Crippen LogP contribution in [0.2, 0.25) is 0 Å². The first-order valence-corrected chi connectivity index (χ1v) is 9.22. The second kappa shape index (κ2) is 6.90. The summed E-state index contributed by atoms with van der Waals surface area (Å²) in [6.45, 7) is 3.52. The maximum absolute atomic E-state index is 12.5. The number of rotatable bonds is 5. The lowest BCUT2D eigenvalue weighted by Crippen LogP contribution is -2.33. The highest BCUT2D eigenvalue weighted by Gasteiger charge is 2.35. The van der Waals surface area contributed by atoms with E-state index in [-0.39, 0.29) is 24.2 Å². The molecule has 0 saturated carbocycles. The number of anilines is 1. The van der Waals surface area contributed by atoms with Gasteiger partial charge in [-0.2, -0.15) is 0 Å². The minimum Gasteiger partial charge on any atom is -0.348 e. The van der Waals surface area contributed by atoms with Gasteiger partial charge in [0.1, 0.15) is 6.33 Å². The normalized spacial score (nSPS) is 19.0. The van der Waals surface area contributed by atoms with Crippen LogP contribution in [0.1, 0.15) is 36.7 Å². The Bertz CT molecular complexity index is 844. The third kappa shape index (κ3) is 3.09. The first-order chi connectivity index (χ1) is 12.7. The molecule has 1 atom stereocenters. The predicted octanol–water partition coefficient (Wildman–Crippen LogP) is 1.46. The SMILES string of the molecule is CCn1cnnc1CNC(=O)[C@H]1CC(=O)N(c2ccc3c(c2)CCC3)C1. The molecule has 0 bridgehead atoms. The molecule has 26 heavy (non-hydrogen) atoms.